The third-order valence-corrected chi connectivity index (χ3v) is 4.72. The van der Waals surface area contributed by atoms with E-state index in [1.807, 2.05) is 11.0 Å². The molecule has 1 fully saturated rings. The minimum absolute atomic E-state index is 0.199. The monoisotopic (exact) mass is 338 g/mol. The Morgan fingerprint density at radius 3 is 2.65 bits per heavy atom. The quantitative estimate of drug-likeness (QED) is 0.915. The molecule has 0 aromatic heterocycles. The van der Waals surface area contributed by atoms with Crippen LogP contribution >= 0.6 is 15.9 Å². The molecule has 1 aliphatic heterocycles. The molecule has 1 amide bonds. The first-order valence-electron chi connectivity index (χ1n) is 7.31. The molecule has 0 aliphatic carbocycles. The molecule has 1 saturated heterocycles. The van der Waals surface area contributed by atoms with Gasteiger partial charge >= 0.3 is 0 Å². The first-order valence-corrected chi connectivity index (χ1v) is 8.10. The van der Waals surface area contributed by atoms with E-state index in [4.69, 9.17) is 0 Å². The third kappa shape index (κ3) is 4.32. The largest absolute Gasteiger partial charge is 0.343 e. The summed E-state index contributed by atoms with van der Waals surface area (Å²) < 4.78 is 1.18. The lowest BCUT2D eigenvalue weighted by atomic mass is 10.0. The number of nitrogens with one attached hydrogen (secondary N) is 1. The molecule has 0 saturated carbocycles. The fourth-order valence-corrected chi connectivity index (χ4v) is 3.26. The predicted octanol–water partition coefficient (Wildman–Crippen LogP) is 2.98. The molecule has 1 aromatic rings. The van der Waals surface area contributed by atoms with Crippen molar-refractivity contribution in [3.05, 3.63) is 34.3 Å². The summed E-state index contributed by atoms with van der Waals surface area (Å²) in [5, 5.41) is 3.70. The van der Waals surface area contributed by atoms with Crippen molar-refractivity contribution in [2.45, 2.75) is 45.2 Å². The van der Waals surface area contributed by atoms with Crippen LogP contribution in [-0.2, 0) is 11.2 Å². The summed E-state index contributed by atoms with van der Waals surface area (Å²) in [6.07, 6.45) is 3.13. The lowest BCUT2D eigenvalue weighted by molar-refractivity contribution is -0.129. The minimum atomic E-state index is 0.199. The lowest BCUT2D eigenvalue weighted by Gasteiger charge is -2.33. The number of hydrogen-bond acceptors (Lipinski definition) is 2. The molecule has 20 heavy (non-hydrogen) atoms. The topological polar surface area (TPSA) is 32.3 Å². The van der Waals surface area contributed by atoms with Gasteiger partial charge in [0, 0.05) is 36.6 Å². The maximum atomic E-state index is 11.3. The SMILES string of the molecule is CC(=O)N1CCC(NC(C)Cc2ccccc2Br)CC1. The Balaban J connectivity index is 1.80. The van der Waals surface area contributed by atoms with Crippen LogP contribution in [0.3, 0.4) is 0 Å². The lowest BCUT2D eigenvalue weighted by Crippen LogP contribution is -2.47. The summed E-state index contributed by atoms with van der Waals surface area (Å²) in [6.45, 7) is 5.66. The molecule has 3 nitrogen and oxygen atoms in total. The van der Waals surface area contributed by atoms with Crippen molar-refractivity contribution in [1.82, 2.24) is 10.2 Å². The van der Waals surface area contributed by atoms with E-state index in [-0.39, 0.29) is 5.91 Å². The normalized spacial score (nSPS) is 18.1. The average molecular weight is 339 g/mol. The minimum Gasteiger partial charge on any atom is -0.343 e. The Bertz CT molecular complexity index is 456. The van der Waals surface area contributed by atoms with E-state index in [1.165, 1.54) is 10.0 Å². The van der Waals surface area contributed by atoms with Crippen LogP contribution in [0.5, 0.6) is 0 Å². The van der Waals surface area contributed by atoms with Crippen LogP contribution in [0.25, 0.3) is 0 Å². The second-order valence-corrected chi connectivity index (χ2v) is 6.50. The number of carbonyl (C=O) groups excluding carboxylic acids is 1. The number of nitrogens with zero attached hydrogens (tertiary/aromatic N) is 1. The zero-order valence-corrected chi connectivity index (χ0v) is 13.8. The van der Waals surface area contributed by atoms with Crippen molar-refractivity contribution in [3.8, 4) is 0 Å². The van der Waals surface area contributed by atoms with Gasteiger partial charge in [-0.2, -0.15) is 0 Å². The smallest absolute Gasteiger partial charge is 0.219 e. The van der Waals surface area contributed by atoms with Crippen molar-refractivity contribution in [2.75, 3.05) is 13.1 Å². The van der Waals surface area contributed by atoms with E-state index in [0.29, 0.717) is 12.1 Å². The van der Waals surface area contributed by atoms with Gasteiger partial charge in [-0.15, -0.1) is 0 Å². The number of carbonyl (C=O) groups is 1. The van der Waals surface area contributed by atoms with Gasteiger partial charge in [0.2, 0.25) is 5.91 Å². The molecule has 110 valence electrons. The summed E-state index contributed by atoms with van der Waals surface area (Å²) in [4.78, 5) is 13.2. The second-order valence-electron chi connectivity index (χ2n) is 5.64. The van der Waals surface area contributed by atoms with Crippen molar-refractivity contribution < 1.29 is 4.79 Å². The van der Waals surface area contributed by atoms with Gasteiger partial charge in [0.25, 0.3) is 0 Å². The van der Waals surface area contributed by atoms with Gasteiger partial charge in [-0.3, -0.25) is 4.79 Å². The van der Waals surface area contributed by atoms with Crippen molar-refractivity contribution in [3.63, 3.8) is 0 Å². The zero-order chi connectivity index (χ0) is 14.5. The van der Waals surface area contributed by atoms with Crippen LogP contribution in [0.2, 0.25) is 0 Å². The highest BCUT2D eigenvalue weighted by Gasteiger charge is 2.21. The number of rotatable bonds is 4. The molecular formula is C16H23BrN2O. The molecule has 1 heterocycles. The Kier molecular flexibility index (Phi) is 5.61. The van der Waals surface area contributed by atoms with Gasteiger partial charge < -0.3 is 10.2 Å². The molecule has 1 N–H and O–H groups in total. The van der Waals surface area contributed by atoms with E-state index in [9.17, 15) is 4.79 Å². The number of benzene rings is 1. The Hall–Kier alpha value is -0.870. The number of halogens is 1. The Morgan fingerprint density at radius 2 is 2.05 bits per heavy atom. The van der Waals surface area contributed by atoms with Crippen molar-refractivity contribution in [2.24, 2.45) is 0 Å². The first kappa shape index (κ1) is 15.5. The standard InChI is InChI=1S/C16H23BrN2O/c1-12(11-14-5-3-4-6-16(14)17)18-15-7-9-19(10-8-15)13(2)20/h3-6,12,15,18H,7-11H2,1-2H3. The van der Waals surface area contributed by atoms with Crippen LogP contribution in [0.4, 0.5) is 0 Å². The van der Waals surface area contributed by atoms with Gasteiger partial charge in [-0.05, 0) is 37.8 Å². The van der Waals surface area contributed by atoms with Gasteiger partial charge in [-0.25, -0.2) is 0 Å². The molecule has 4 heteroatoms. The van der Waals surface area contributed by atoms with Gasteiger partial charge in [0.05, 0.1) is 0 Å². The van der Waals surface area contributed by atoms with Crippen LogP contribution in [-0.4, -0.2) is 36.0 Å². The molecule has 1 unspecified atom stereocenters. The van der Waals surface area contributed by atoms with Crippen LogP contribution in [0, 0.1) is 0 Å². The predicted molar refractivity (Wildman–Crippen MR) is 85.7 cm³/mol. The number of likely N-dealkylation sites (tertiary alicyclic amines) is 1. The third-order valence-electron chi connectivity index (χ3n) is 3.94. The molecule has 1 aliphatic rings. The second kappa shape index (κ2) is 7.23. The van der Waals surface area contributed by atoms with Crippen molar-refractivity contribution in [1.29, 1.82) is 0 Å². The van der Waals surface area contributed by atoms with Crippen LogP contribution < -0.4 is 5.32 Å². The fraction of sp³-hybridized carbons (Fsp3) is 0.562. The highest BCUT2D eigenvalue weighted by atomic mass is 79.9. The van der Waals surface area contributed by atoms with E-state index >= 15 is 0 Å². The maximum Gasteiger partial charge on any atom is 0.219 e. The number of piperidine rings is 1. The molecular weight excluding hydrogens is 316 g/mol. The average Bonchev–Trinajstić information content (AvgIpc) is 2.42. The summed E-state index contributed by atoms with van der Waals surface area (Å²) in [5.41, 5.74) is 1.34. The van der Waals surface area contributed by atoms with E-state index in [2.05, 4.69) is 46.4 Å². The number of hydrogen-bond donors (Lipinski definition) is 1. The molecule has 1 atom stereocenters. The van der Waals surface area contributed by atoms with Gasteiger partial charge in [0.15, 0.2) is 0 Å². The summed E-state index contributed by atoms with van der Waals surface area (Å²) in [7, 11) is 0. The Morgan fingerprint density at radius 1 is 1.40 bits per heavy atom. The molecule has 1 aromatic carbocycles. The summed E-state index contributed by atoms with van der Waals surface area (Å²) in [5.74, 6) is 0.199. The summed E-state index contributed by atoms with van der Waals surface area (Å²) in [6, 6.07) is 9.36. The van der Waals surface area contributed by atoms with Crippen LogP contribution in [0.1, 0.15) is 32.3 Å². The highest BCUT2D eigenvalue weighted by molar-refractivity contribution is 9.10. The molecule has 0 radical (unpaired) electrons. The zero-order valence-electron chi connectivity index (χ0n) is 12.2. The van der Waals surface area contributed by atoms with Gasteiger partial charge in [-0.1, -0.05) is 34.1 Å². The Labute approximate surface area is 129 Å². The van der Waals surface area contributed by atoms with E-state index in [0.717, 1.165) is 32.4 Å². The van der Waals surface area contributed by atoms with Gasteiger partial charge in [0.1, 0.15) is 0 Å². The number of amides is 1. The summed E-state index contributed by atoms with van der Waals surface area (Å²) >= 11 is 3.60. The first-order chi connectivity index (χ1) is 9.56. The molecule has 0 bridgehead atoms. The van der Waals surface area contributed by atoms with E-state index < -0.39 is 0 Å². The fourth-order valence-electron chi connectivity index (χ4n) is 2.82. The molecule has 0 spiro atoms. The van der Waals surface area contributed by atoms with E-state index in [1.54, 1.807) is 6.92 Å². The van der Waals surface area contributed by atoms with Crippen LogP contribution in [0.15, 0.2) is 28.7 Å². The molecule has 2 rings (SSSR count). The van der Waals surface area contributed by atoms with Crippen molar-refractivity contribution >= 4 is 21.8 Å². The highest BCUT2D eigenvalue weighted by Crippen LogP contribution is 2.18. The maximum absolute atomic E-state index is 11.3.